The maximum absolute atomic E-state index is 13.0. The second-order valence-electron chi connectivity index (χ2n) is 8.21. The number of nitrogens with one attached hydrogen (secondary N) is 1. The number of cyclic esters (lactones) is 1. The molecule has 3 fully saturated rings. The molecule has 11 nitrogen and oxygen atoms in total. The third kappa shape index (κ3) is 4.82. The van der Waals surface area contributed by atoms with Gasteiger partial charge in [-0.25, -0.2) is 9.59 Å². The van der Waals surface area contributed by atoms with E-state index in [2.05, 4.69) is 5.32 Å². The van der Waals surface area contributed by atoms with Crippen LogP contribution in [0.25, 0.3) is 0 Å². The lowest BCUT2D eigenvalue weighted by atomic mass is 10.2. The molecule has 3 amide bonds. The van der Waals surface area contributed by atoms with Crippen molar-refractivity contribution in [3.05, 3.63) is 24.3 Å². The molecule has 4 rings (SSSR count). The summed E-state index contributed by atoms with van der Waals surface area (Å²) in [7, 11) is -3.60. The predicted molar refractivity (Wildman–Crippen MR) is 118 cm³/mol. The molecule has 0 spiro atoms. The van der Waals surface area contributed by atoms with Gasteiger partial charge >= 0.3 is 12.1 Å². The van der Waals surface area contributed by atoms with Crippen molar-refractivity contribution >= 4 is 33.7 Å². The summed E-state index contributed by atoms with van der Waals surface area (Å²) in [5, 5.41) is 2.83. The molecule has 0 bridgehead atoms. The van der Waals surface area contributed by atoms with Gasteiger partial charge in [-0.3, -0.25) is 4.90 Å². The number of piperazine rings is 1. The van der Waals surface area contributed by atoms with Crippen LogP contribution in [0.2, 0.25) is 0 Å². The number of benzene rings is 1. The number of hydrogen-bond acceptors (Lipinski definition) is 6. The van der Waals surface area contributed by atoms with E-state index in [4.69, 9.17) is 9.47 Å². The number of morpholine rings is 1. The zero-order valence-corrected chi connectivity index (χ0v) is 19.1. The van der Waals surface area contributed by atoms with Crippen LogP contribution >= 0.6 is 0 Å². The molecular weight excluding hydrogens is 438 g/mol. The zero-order chi connectivity index (χ0) is 22.9. The van der Waals surface area contributed by atoms with Crippen LogP contribution in [-0.4, -0.2) is 98.7 Å². The Labute approximate surface area is 188 Å². The Bertz CT molecular complexity index is 955. The molecule has 3 aliphatic rings. The second-order valence-corrected chi connectivity index (χ2v) is 10.1. The lowest BCUT2D eigenvalue weighted by Gasteiger charge is -2.40. The van der Waals surface area contributed by atoms with Crippen molar-refractivity contribution in [3.8, 4) is 0 Å². The highest BCUT2D eigenvalue weighted by atomic mass is 32.2. The van der Waals surface area contributed by atoms with E-state index in [1.165, 1.54) is 13.5 Å². The van der Waals surface area contributed by atoms with Gasteiger partial charge in [-0.15, -0.1) is 0 Å². The van der Waals surface area contributed by atoms with E-state index in [1.807, 2.05) is 13.8 Å². The standard InChI is InChI=1S/C20H29N5O6S/c1-15-13-24(14-16(2)31-15)32(28,29)23-8-6-22(7-9-23)19(26)21-17-4-3-5-18(12-17)25-10-11-30-20(25)27/h3-5,12,15-16H,6-11,13-14H2,1-2H3,(H,21,26). The van der Waals surface area contributed by atoms with Crippen LogP contribution in [0.1, 0.15) is 13.8 Å². The zero-order valence-electron chi connectivity index (χ0n) is 18.3. The average Bonchev–Trinajstić information content (AvgIpc) is 3.19. The van der Waals surface area contributed by atoms with Crippen LogP contribution < -0.4 is 10.2 Å². The summed E-state index contributed by atoms with van der Waals surface area (Å²) < 4.78 is 39.5. The highest BCUT2D eigenvalue weighted by Crippen LogP contribution is 2.23. The largest absolute Gasteiger partial charge is 0.447 e. The van der Waals surface area contributed by atoms with Gasteiger partial charge in [0.05, 0.1) is 18.8 Å². The van der Waals surface area contributed by atoms with Crippen LogP contribution in [-0.2, 0) is 19.7 Å². The van der Waals surface area contributed by atoms with Gasteiger partial charge < -0.3 is 19.7 Å². The summed E-state index contributed by atoms with van der Waals surface area (Å²) in [5.41, 5.74) is 1.20. The van der Waals surface area contributed by atoms with Gasteiger partial charge in [0.15, 0.2) is 0 Å². The van der Waals surface area contributed by atoms with Crippen LogP contribution in [0.3, 0.4) is 0 Å². The van der Waals surface area contributed by atoms with Crippen molar-refractivity contribution in [2.45, 2.75) is 26.1 Å². The summed E-state index contributed by atoms with van der Waals surface area (Å²) >= 11 is 0. The van der Waals surface area contributed by atoms with E-state index in [0.717, 1.165) is 0 Å². The van der Waals surface area contributed by atoms with E-state index in [1.54, 1.807) is 29.2 Å². The second kappa shape index (κ2) is 9.22. The monoisotopic (exact) mass is 467 g/mol. The van der Waals surface area contributed by atoms with Gasteiger partial charge in [0.25, 0.3) is 10.2 Å². The smallest absolute Gasteiger partial charge is 0.414 e. The normalized spacial score (nSPS) is 25.6. The Balaban J connectivity index is 1.33. The Hall–Kier alpha value is -2.41. The fourth-order valence-corrected chi connectivity index (χ4v) is 5.93. The summed E-state index contributed by atoms with van der Waals surface area (Å²) in [4.78, 5) is 27.6. The Morgan fingerprint density at radius 2 is 1.72 bits per heavy atom. The molecule has 1 aromatic rings. The quantitative estimate of drug-likeness (QED) is 0.711. The van der Waals surface area contributed by atoms with E-state index in [9.17, 15) is 18.0 Å². The van der Waals surface area contributed by atoms with Crippen molar-refractivity contribution in [1.82, 2.24) is 13.5 Å². The minimum atomic E-state index is -3.60. The van der Waals surface area contributed by atoms with Crippen molar-refractivity contribution < 1.29 is 27.5 Å². The summed E-state index contributed by atoms with van der Waals surface area (Å²) in [6.45, 7) is 6.23. The molecule has 3 heterocycles. The molecule has 3 aliphatic heterocycles. The van der Waals surface area contributed by atoms with E-state index >= 15 is 0 Å². The minimum absolute atomic E-state index is 0.154. The fraction of sp³-hybridized carbons (Fsp3) is 0.600. The molecule has 1 N–H and O–H groups in total. The number of carbonyl (C=O) groups is 2. The van der Waals surface area contributed by atoms with Crippen LogP contribution in [0, 0.1) is 0 Å². The first-order valence-electron chi connectivity index (χ1n) is 10.7. The first kappa shape index (κ1) is 22.8. The van der Waals surface area contributed by atoms with Crippen molar-refractivity contribution in [1.29, 1.82) is 0 Å². The lowest BCUT2D eigenvalue weighted by molar-refractivity contribution is -0.0456. The predicted octanol–water partition coefficient (Wildman–Crippen LogP) is 1.15. The third-order valence-electron chi connectivity index (χ3n) is 5.73. The third-order valence-corrected chi connectivity index (χ3v) is 7.70. The molecule has 0 radical (unpaired) electrons. The van der Waals surface area contributed by atoms with Gasteiger partial charge in [0, 0.05) is 50.6 Å². The van der Waals surface area contributed by atoms with Crippen molar-refractivity contribution in [2.75, 3.05) is 62.6 Å². The van der Waals surface area contributed by atoms with Crippen LogP contribution in [0.4, 0.5) is 21.0 Å². The molecule has 0 saturated carbocycles. The summed E-state index contributed by atoms with van der Waals surface area (Å²) in [6, 6.07) is 6.68. The number of amides is 3. The molecule has 3 saturated heterocycles. The van der Waals surface area contributed by atoms with Gasteiger partial charge in [0.2, 0.25) is 0 Å². The highest BCUT2D eigenvalue weighted by Gasteiger charge is 2.37. The van der Waals surface area contributed by atoms with E-state index in [-0.39, 0.29) is 31.3 Å². The molecule has 2 atom stereocenters. The molecule has 0 aromatic heterocycles. The lowest BCUT2D eigenvalue weighted by Crippen LogP contribution is -2.58. The summed E-state index contributed by atoms with van der Waals surface area (Å²) in [5.74, 6) is 0. The van der Waals surface area contributed by atoms with E-state index in [0.29, 0.717) is 50.7 Å². The topological polar surface area (TPSA) is 112 Å². The molecule has 32 heavy (non-hydrogen) atoms. The highest BCUT2D eigenvalue weighted by molar-refractivity contribution is 7.86. The number of hydrogen-bond donors (Lipinski definition) is 1. The van der Waals surface area contributed by atoms with Gasteiger partial charge in [-0.2, -0.15) is 17.0 Å². The van der Waals surface area contributed by atoms with Gasteiger partial charge in [-0.1, -0.05) is 6.07 Å². The Morgan fingerprint density at radius 1 is 1.03 bits per heavy atom. The number of rotatable bonds is 4. The molecule has 1 aromatic carbocycles. The fourth-order valence-electron chi connectivity index (χ4n) is 4.19. The first-order chi connectivity index (χ1) is 15.2. The first-order valence-corrected chi connectivity index (χ1v) is 12.1. The van der Waals surface area contributed by atoms with Gasteiger partial charge in [-0.05, 0) is 32.0 Å². The van der Waals surface area contributed by atoms with Crippen LogP contribution in [0.15, 0.2) is 24.3 Å². The number of ether oxygens (including phenoxy) is 2. The number of anilines is 2. The average molecular weight is 468 g/mol. The van der Waals surface area contributed by atoms with Gasteiger partial charge in [0.1, 0.15) is 6.61 Å². The van der Waals surface area contributed by atoms with Crippen molar-refractivity contribution in [2.24, 2.45) is 0 Å². The minimum Gasteiger partial charge on any atom is -0.447 e. The molecule has 12 heteroatoms. The van der Waals surface area contributed by atoms with Crippen molar-refractivity contribution in [3.63, 3.8) is 0 Å². The Morgan fingerprint density at radius 3 is 2.34 bits per heavy atom. The molecule has 176 valence electrons. The molecular formula is C20H29N5O6S. The molecule has 2 unspecified atom stereocenters. The van der Waals surface area contributed by atoms with Crippen LogP contribution in [0.5, 0.6) is 0 Å². The van der Waals surface area contributed by atoms with E-state index < -0.39 is 16.3 Å². The SMILES string of the molecule is CC1CN(S(=O)(=O)N2CCN(C(=O)Nc3cccc(N4CCOC4=O)c3)CC2)CC(C)O1. The molecule has 0 aliphatic carbocycles. The Kier molecular flexibility index (Phi) is 6.56. The number of carbonyl (C=O) groups excluding carboxylic acids is 2. The maximum atomic E-state index is 13.0. The summed E-state index contributed by atoms with van der Waals surface area (Å²) in [6.07, 6.45) is -0.715. The number of urea groups is 1. The maximum Gasteiger partial charge on any atom is 0.414 e. The number of nitrogens with zero attached hydrogens (tertiary/aromatic N) is 4.